The molecule has 0 spiro atoms. The number of nitrogen functional groups attached to an aromatic ring is 1. The van der Waals surface area contributed by atoms with Crippen molar-refractivity contribution in [1.29, 1.82) is 0 Å². The lowest BCUT2D eigenvalue weighted by Gasteiger charge is -2.27. The Balaban J connectivity index is 2.76. The molecule has 1 rings (SSSR count). The van der Waals surface area contributed by atoms with Crippen molar-refractivity contribution < 1.29 is 4.74 Å². The maximum Gasteiger partial charge on any atom is 0.125 e. The molecule has 1 aromatic rings. The second-order valence-corrected chi connectivity index (χ2v) is 5.41. The van der Waals surface area contributed by atoms with Crippen LogP contribution in [0.1, 0.15) is 18.9 Å². The third kappa shape index (κ3) is 4.10. The summed E-state index contributed by atoms with van der Waals surface area (Å²) in [5.74, 6) is 2.03. The number of anilines is 1. The minimum atomic E-state index is 0.599. The third-order valence-corrected chi connectivity index (χ3v) is 3.90. The van der Waals surface area contributed by atoms with Gasteiger partial charge in [-0.3, -0.25) is 4.90 Å². The number of nitrogens with zero attached hydrogens (tertiary/aromatic N) is 1. The molecule has 0 radical (unpaired) electrons. The van der Waals surface area contributed by atoms with Crippen LogP contribution in [-0.2, 0) is 6.54 Å². The van der Waals surface area contributed by atoms with E-state index in [1.54, 1.807) is 7.11 Å². The lowest BCUT2D eigenvalue weighted by atomic mass is 10.1. The van der Waals surface area contributed by atoms with Gasteiger partial charge in [0.15, 0.2) is 0 Å². The van der Waals surface area contributed by atoms with Crippen molar-refractivity contribution in [2.45, 2.75) is 25.9 Å². The van der Waals surface area contributed by atoms with Crippen LogP contribution in [-0.4, -0.2) is 37.1 Å². The zero-order valence-electron chi connectivity index (χ0n) is 11.8. The topological polar surface area (TPSA) is 38.5 Å². The summed E-state index contributed by atoms with van der Waals surface area (Å²) in [6, 6.07) is 6.47. The summed E-state index contributed by atoms with van der Waals surface area (Å²) in [6.07, 6.45) is 3.31. The Kier molecular flexibility index (Phi) is 6.36. The van der Waals surface area contributed by atoms with Gasteiger partial charge in [0, 0.05) is 35.7 Å². The molecule has 1 atom stereocenters. The molecule has 0 saturated heterocycles. The van der Waals surface area contributed by atoms with Crippen molar-refractivity contribution in [2.24, 2.45) is 0 Å². The molecule has 2 N–H and O–H groups in total. The number of rotatable bonds is 7. The van der Waals surface area contributed by atoms with Crippen molar-refractivity contribution in [3.63, 3.8) is 0 Å². The van der Waals surface area contributed by atoms with Gasteiger partial charge in [-0.25, -0.2) is 0 Å². The highest BCUT2D eigenvalue weighted by atomic mass is 32.2. The van der Waals surface area contributed by atoms with Crippen LogP contribution in [0.25, 0.3) is 0 Å². The van der Waals surface area contributed by atoms with Crippen LogP contribution in [0.4, 0.5) is 5.69 Å². The SMILES string of the molecule is CCC(CSC)N(C)Cc1ccc(N)cc1OC. The fourth-order valence-electron chi connectivity index (χ4n) is 2.04. The summed E-state index contributed by atoms with van der Waals surface area (Å²) in [4.78, 5) is 2.38. The summed E-state index contributed by atoms with van der Waals surface area (Å²) < 4.78 is 5.39. The molecule has 0 heterocycles. The molecule has 0 saturated carbocycles. The van der Waals surface area contributed by atoms with Gasteiger partial charge in [-0.1, -0.05) is 13.0 Å². The molecular formula is C14H24N2OS. The zero-order valence-corrected chi connectivity index (χ0v) is 12.6. The van der Waals surface area contributed by atoms with Gasteiger partial charge >= 0.3 is 0 Å². The number of methoxy groups -OCH3 is 1. The predicted molar refractivity (Wildman–Crippen MR) is 81.3 cm³/mol. The minimum absolute atomic E-state index is 0.599. The number of hydrogen-bond acceptors (Lipinski definition) is 4. The number of nitrogens with two attached hydrogens (primary N) is 1. The monoisotopic (exact) mass is 268 g/mol. The quantitative estimate of drug-likeness (QED) is 0.772. The van der Waals surface area contributed by atoms with Gasteiger partial charge in [-0.15, -0.1) is 0 Å². The van der Waals surface area contributed by atoms with Crippen LogP contribution >= 0.6 is 11.8 Å². The van der Waals surface area contributed by atoms with Crippen LogP contribution in [0.15, 0.2) is 18.2 Å². The van der Waals surface area contributed by atoms with E-state index in [2.05, 4.69) is 31.2 Å². The van der Waals surface area contributed by atoms with Gasteiger partial charge < -0.3 is 10.5 Å². The summed E-state index contributed by atoms with van der Waals surface area (Å²) in [5, 5.41) is 0. The number of ether oxygens (including phenoxy) is 1. The van der Waals surface area contributed by atoms with E-state index in [1.165, 1.54) is 5.56 Å². The number of hydrogen-bond donors (Lipinski definition) is 1. The van der Waals surface area contributed by atoms with E-state index in [9.17, 15) is 0 Å². The molecule has 0 aliphatic carbocycles. The van der Waals surface area contributed by atoms with E-state index >= 15 is 0 Å². The highest BCUT2D eigenvalue weighted by Gasteiger charge is 2.14. The average molecular weight is 268 g/mol. The molecule has 4 heteroatoms. The smallest absolute Gasteiger partial charge is 0.125 e. The van der Waals surface area contributed by atoms with E-state index in [0.717, 1.165) is 30.2 Å². The van der Waals surface area contributed by atoms with Gasteiger partial charge in [0.05, 0.1) is 7.11 Å². The highest BCUT2D eigenvalue weighted by molar-refractivity contribution is 7.98. The van der Waals surface area contributed by atoms with Gasteiger partial charge in [-0.2, -0.15) is 11.8 Å². The third-order valence-electron chi connectivity index (χ3n) is 3.18. The standard InChI is InChI=1S/C14H24N2OS/c1-5-13(10-18-4)16(2)9-11-6-7-12(15)8-14(11)17-3/h6-8,13H,5,9-10,15H2,1-4H3. The normalized spacial score (nSPS) is 12.7. The Bertz CT molecular complexity index is 371. The molecule has 102 valence electrons. The first-order valence-electron chi connectivity index (χ1n) is 6.23. The molecule has 0 bridgehead atoms. The lowest BCUT2D eigenvalue weighted by molar-refractivity contribution is 0.244. The molecule has 0 amide bonds. The summed E-state index contributed by atoms with van der Waals surface area (Å²) >= 11 is 1.89. The van der Waals surface area contributed by atoms with Crippen LogP contribution in [0.5, 0.6) is 5.75 Å². The maximum absolute atomic E-state index is 5.77. The summed E-state index contributed by atoms with van der Waals surface area (Å²) in [6.45, 7) is 3.13. The minimum Gasteiger partial charge on any atom is -0.496 e. The molecule has 0 aromatic heterocycles. The van der Waals surface area contributed by atoms with E-state index < -0.39 is 0 Å². The van der Waals surface area contributed by atoms with Gasteiger partial charge in [0.1, 0.15) is 5.75 Å². The van der Waals surface area contributed by atoms with Crippen molar-refractivity contribution in [3.8, 4) is 5.75 Å². The first-order valence-corrected chi connectivity index (χ1v) is 7.63. The molecular weight excluding hydrogens is 244 g/mol. The molecule has 18 heavy (non-hydrogen) atoms. The van der Waals surface area contributed by atoms with Crippen LogP contribution in [0.3, 0.4) is 0 Å². The van der Waals surface area contributed by atoms with E-state index in [4.69, 9.17) is 10.5 Å². The lowest BCUT2D eigenvalue weighted by Crippen LogP contribution is -2.32. The Labute approximate surface area is 115 Å². The van der Waals surface area contributed by atoms with Gasteiger partial charge in [-0.05, 0) is 25.8 Å². The molecule has 3 nitrogen and oxygen atoms in total. The van der Waals surface area contributed by atoms with E-state index in [-0.39, 0.29) is 0 Å². The predicted octanol–water partition coefficient (Wildman–Crippen LogP) is 2.85. The number of benzene rings is 1. The molecule has 0 aliphatic heterocycles. The Morgan fingerprint density at radius 2 is 2.17 bits per heavy atom. The van der Waals surface area contributed by atoms with Crippen molar-refractivity contribution in [2.75, 3.05) is 31.9 Å². The Hall–Kier alpha value is -0.870. The van der Waals surface area contributed by atoms with Crippen LogP contribution < -0.4 is 10.5 Å². The Morgan fingerprint density at radius 3 is 2.72 bits per heavy atom. The van der Waals surface area contributed by atoms with E-state index in [0.29, 0.717) is 6.04 Å². The molecule has 0 fully saturated rings. The maximum atomic E-state index is 5.77. The fraction of sp³-hybridized carbons (Fsp3) is 0.571. The second kappa shape index (κ2) is 7.54. The largest absolute Gasteiger partial charge is 0.496 e. The van der Waals surface area contributed by atoms with Gasteiger partial charge in [0.25, 0.3) is 0 Å². The van der Waals surface area contributed by atoms with Crippen molar-refractivity contribution >= 4 is 17.4 Å². The highest BCUT2D eigenvalue weighted by Crippen LogP contribution is 2.23. The average Bonchev–Trinajstić information content (AvgIpc) is 2.37. The summed E-state index contributed by atoms with van der Waals surface area (Å²) in [5.41, 5.74) is 7.70. The van der Waals surface area contributed by atoms with Crippen molar-refractivity contribution in [3.05, 3.63) is 23.8 Å². The second-order valence-electron chi connectivity index (χ2n) is 4.50. The Morgan fingerprint density at radius 1 is 1.44 bits per heavy atom. The zero-order chi connectivity index (χ0) is 13.5. The van der Waals surface area contributed by atoms with Crippen molar-refractivity contribution in [1.82, 2.24) is 4.90 Å². The fourth-order valence-corrected chi connectivity index (χ4v) is 2.91. The summed E-state index contributed by atoms with van der Waals surface area (Å²) in [7, 11) is 3.86. The first kappa shape index (κ1) is 15.2. The first-order chi connectivity index (χ1) is 8.62. The van der Waals surface area contributed by atoms with Crippen LogP contribution in [0.2, 0.25) is 0 Å². The van der Waals surface area contributed by atoms with Gasteiger partial charge in [0.2, 0.25) is 0 Å². The molecule has 1 unspecified atom stereocenters. The number of thioether (sulfide) groups is 1. The van der Waals surface area contributed by atoms with Crippen LogP contribution in [0, 0.1) is 0 Å². The molecule has 1 aromatic carbocycles. The van der Waals surface area contributed by atoms with E-state index in [1.807, 2.05) is 23.9 Å². The molecule has 0 aliphatic rings.